The van der Waals surface area contributed by atoms with Crippen LogP contribution >= 0.6 is 12.4 Å². The van der Waals surface area contributed by atoms with Gasteiger partial charge in [0.1, 0.15) is 5.82 Å². The largest absolute Gasteiger partial charge is 0.328 e. The summed E-state index contributed by atoms with van der Waals surface area (Å²) in [5.74, 6) is 0.950. The Morgan fingerprint density at radius 2 is 2.08 bits per heavy atom. The number of nitrogens with zero attached hydrogens (tertiary/aromatic N) is 2. The van der Waals surface area contributed by atoms with Crippen molar-refractivity contribution in [2.75, 3.05) is 5.32 Å². The van der Waals surface area contributed by atoms with Crippen molar-refractivity contribution < 1.29 is 4.79 Å². The van der Waals surface area contributed by atoms with Crippen molar-refractivity contribution in [2.24, 2.45) is 11.7 Å². The Labute approximate surface area is 160 Å². The van der Waals surface area contributed by atoms with Gasteiger partial charge in [0, 0.05) is 17.5 Å². The average molecular weight is 375 g/mol. The van der Waals surface area contributed by atoms with E-state index in [4.69, 9.17) is 5.73 Å². The molecule has 2 aromatic rings. The second-order valence-electron chi connectivity index (χ2n) is 7.49. The summed E-state index contributed by atoms with van der Waals surface area (Å²) in [6.07, 6.45) is 7.77. The molecule has 3 unspecified atom stereocenters. The lowest BCUT2D eigenvalue weighted by molar-refractivity contribution is -0.119. The zero-order valence-corrected chi connectivity index (χ0v) is 16.0. The van der Waals surface area contributed by atoms with Crippen LogP contribution < -0.4 is 11.1 Å². The number of rotatable bonds is 3. The minimum Gasteiger partial charge on any atom is -0.328 e. The number of halogens is 1. The van der Waals surface area contributed by atoms with Crippen LogP contribution in [0.2, 0.25) is 0 Å². The molecule has 26 heavy (non-hydrogen) atoms. The van der Waals surface area contributed by atoms with Crippen LogP contribution in [0.25, 0.3) is 0 Å². The van der Waals surface area contributed by atoms with Crippen LogP contribution in [0.4, 0.5) is 5.82 Å². The first-order valence-electron chi connectivity index (χ1n) is 9.32. The molecule has 0 saturated heterocycles. The van der Waals surface area contributed by atoms with Gasteiger partial charge in [-0.2, -0.15) is 5.10 Å². The molecule has 1 heterocycles. The van der Waals surface area contributed by atoms with E-state index in [9.17, 15) is 4.79 Å². The van der Waals surface area contributed by atoms with E-state index >= 15 is 0 Å². The van der Waals surface area contributed by atoms with Gasteiger partial charge in [0.2, 0.25) is 5.91 Å². The standard InChI is InChI=1S/C20H26N4O.ClH/c1-13-12-22-24(18-8-4-6-14-5-2-3-7-17(14)18)19(13)23-20(25)15-9-10-16(21)11-15;/h2-3,5,7,12,15-16,18H,4,6,8-11,21H2,1H3,(H,23,25);1H. The highest BCUT2D eigenvalue weighted by molar-refractivity contribution is 5.92. The van der Waals surface area contributed by atoms with Gasteiger partial charge in [-0.05, 0) is 56.6 Å². The predicted molar refractivity (Wildman–Crippen MR) is 106 cm³/mol. The number of carbonyl (C=O) groups is 1. The molecule has 0 spiro atoms. The zero-order chi connectivity index (χ0) is 17.4. The molecular weight excluding hydrogens is 348 g/mol. The van der Waals surface area contributed by atoms with Crippen LogP contribution in [0.1, 0.15) is 54.8 Å². The van der Waals surface area contributed by atoms with E-state index in [0.29, 0.717) is 0 Å². The number of aryl methyl sites for hydroxylation is 2. The third-order valence-electron chi connectivity index (χ3n) is 5.70. The summed E-state index contributed by atoms with van der Waals surface area (Å²) >= 11 is 0. The van der Waals surface area contributed by atoms with Gasteiger partial charge in [-0.25, -0.2) is 4.68 Å². The number of nitrogens with one attached hydrogen (secondary N) is 1. The Kier molecular flexibility index (Phi) is 5.68. The molecule has 0 aliphatic heterocycles. The molecule has 140 valence electrons. The van der Waals surface area contributed by atoms with Crippen molar-refractivity contribution in [3.63, 3.8) is 0 Å². The number of carbonyl (C=O) groups excluding carboxylic acids is 1. The van der Waals surface area contributed by atoms with E-state index in [1.54, 1.807) is 0 Å². The molecule has 1 saturated carbocycles. The number of nitrogens with two attached hydrogens (primary N) is 1. The Bertz CT molecular complexity index is 788. The SMILES string of the molecule is Cc1cnn(C2CCCc3ccccc32)c1NC(=O)C1CCC(N)C1.Cl. The van der Waals surface area contributed by atoms with Crippen molar-refractivity contribution in [1.29, 1.82) is 0 Å². The lowest BCUT2D eigenvalue weighted by atomic mass is 9.88. The van der Waals surface area contributed by atoms with Crippen LogP contribution in [-0.2, 0) is 11.2 Å². The molecular formula is C20H27ClN4O. The number of hydrogen-bond acceptors (Lipinski definition) is 3. The molecule has 0 bridgehead atoms. The second kappa shape index (κ2) is 7.80. The fourth-order valence-electron chi connectivity index (χ4n) is 4.30. The summed E-state index contributed by atoms with van der Waals surface area (Å²) in [6, 6.07) is 8.94. The Hall–Kier alpha value is -1.85. The predicted octanol–water partition coefficient (Wildman–Crippen LogP) is 3.60. The molecule has 3 atom stereocenters. The minimum absolute atomic E-state index is 0. The van der Waals surface area contributed by atoms with E-state index < -0.39 is 0 Å². The third-order valence-corrected chi connectivity index (χ3v) is 5.70. The van der Waals surface area contributed by atoms with Gasteiger partial charge >= 0.3 is 0 Å². The average Bonchev–Trinajstić information content (AvgIpc) is 3.21. The first-order chi connectivity index (χ1) is 12.1. The molecule has 1 aromatic carbocycles. The van der Waals surface area contributed by atoms with E-state index in [1.807, 2.05) is 17.8 Å². The summed E-state index contributed by atoms with van der Waals surface area (Å²) in [4.78, 5) is 12.7. The Morgan fingerprint density at radius 1 is 1.27 bits per heavy atom. The molecule has 6 heteroatoms. The summed E-state index contributed by atoms with van der Waals surface area (Å²) < 4.78 is 2.01. The van der Waals surface area contributed by atoms with E-state index in [-0.39, 0.29) is 36.3 Å². The summed E-state index contributed by atoms with van der Waals surface area (Å²) in [6.45, 7) is 2.01. The number of hydrogen-bond donors (Lipinski definition) is 2. The van der Waals surface area contributed by atoms with Gasteiger partial charge in [0.15, 0.2) is 0 Å². The van der Waals surface area contributed by atoms with Crippen LogP contribution in [0.15, 0.2) is 30.5 Å². The summed E-state index contributed by atoms with van der Waals surface area (Å²) in [5.41, 5.74) is 9.70. The molecule has 1 aromatic heterocycles. The number of aromatic nitrogens is 2. The lowest BCUT2D eigenvalue weighted by Crippen LogP contribution is -2.26. The Balaban J connectivity index is 0.00000196. The fourth-order valence-corrected chi connectivity index (χ4v) is 4.30. The highest BCUT2D eigenvalue weighted by atomic mass is 35.5. The normalized spacial score (nSPS) is 24.6. The highest BCUT2D eigenvalue weighted by Crippen LogP contribution is 2.35. The van der Waals surface area contributed by atoms with Crippen LogP contribution in [0.3, 0.4) is 0 Å². The van der Waals surface area contributed by atoms with Crippen LogP contribution in [0.5, 0.6) is 0 Å². The monoisotopic (exact) mass is 374 g/mol. The molecule has 2 aliphatic carbocycles. The van der Waals surface area contributed by atoms with Crippen molar-refractivity contribution in [2.45, 2.75) is 57.5 Å². The quantitative estimate of drug-likeness (QED) is 0.861. The van der Waals surface area contributed by atoms with Crippen molar-refractivity contribution in [1.82, 2.24) is 9.78 Å². The highest BCUT2D eigenvalue weighted by Gasteiger charge is 2.30. The van der Waals surface area contributed by atoms with Gasteiger partial charge in [0.05, 0.1) is 12.2 Å². The number of benzene rings is 1. The number of fused-ring (bicyclic) bond motifs is 1. The zero-order valence-electron chi connectivity index (χ0n) is 15.1. The third kappa shape index (κ3) is 3.51. The van der Waals surface area contributed by atoms with Crippen molar-refractivity contribution >= 4 is 24.1 Å². The van der Waals surface area contributed by atoms with E-state index in [1.165, 1.54) is 11.1 Å². The minimum atomic E-state index is 0. The first-order valence-corrected chi connectivity index (χ1v) is 9.32. The van der Waals surface area contributed by atoms with Crippen LogP contribution in [-0.4, -0.2) is 21.7 Å². The molecule has 5 nitrogen and oxygen atoms in total. The topological polar surface area (TPSA) is 72.9 Å². The molecule has 0 radical (unpaired) electrons. The Morgan fingerprint density at radius 3 is 2.85 bits per heavy atom. The van der Waals surface area contributed by atoms with Crippen molar-refractivity contribution in [3.05, 3.63) is 47.2 Å². The van der Waals surface area contributed by atoms with Crippen molar-refractivity contribution in [3.8, 4) is 0 Å². The molecule has 4 rings (SSSR count). The molecule has 1 amide bonds. The maximum Gasteiger partial charge on any atom is 0.228 e. The molecule has 2 aliphatic rings. The van der Waals surface area contributed by atoms with Gasteiger partial charge in [-0.1, -0.05) is 24.3 Å². The number of anilines is 1. The fraction of sp³-hybridized carbons (Fsp3) is 0.500. The lowest BCUT2D eigenvalue weighted by Gasteiger charge is -2.27. The first kappa shape index (κ1) is 18.9. The maximum atomic E-state index is 12.7. The second-order valence-corrected chi connectivity index (χ2v) is 7.49. The smallest absolute Gasteiger partial charge is 0.228 e. The van der Waals surface area contributed by atoms with Gasteiger partial charge < -0.3 is 11.1 Å². The summed E-state index contributed by atoms with van der Waals surface area (Å²) in [7, 11) is 0. The van der Waals surface area contributed by atoms with E-state index in [2.05, 4.69) is 34.7 Å². The summed E-state index contributed by atoms with van der Waals surface area (Å²) in [5, 5.41) is 7.77. The van der Waals surface area contributed by atoms with Gasteiger partial charge in [-0.15, -0.1) is 12.4 Å². The van der Waals surface area contributed by atoms with Crippen LogP contribution in [0, 0.1) is 12.8 Å². The molecule has 1 fully saturated rings. The maximum absolute atomic E-state index is 12.7. The number of amides is 1. The van der Waals surface area contributed by atoms with Gasteiger partial charge in [-0.3, -0.25) is 4.79 Å². The van der Waals surface area contributed by atoms with E-state index in [0.717, 1.165) is 49.9 Å². The molecule has 3 N–H and O–H groups in total. The van der Waals surface area contributed by atoms with Gasteiger partial charge in [0.25, 0.3) is 0 Å².